The number of nitrogens with zero attached hydrogens (tertiary/aromatic N) is 1. The summed E-state index contributed by atoms with van der Waals surface area (Å²) >= 11 is 6.38. The van der Waals surface area contributed by atoms with Gasteiger partial charge in [0.15, 0.2) is 5.75 Å². The first-order valence-corrected chi connectivity index (χ1v) is 9.51. The zero-order valence-corrected chi connectivity index (χ0v) is 17.1. The molecule has 8 heteroatoms. The number of methoxy groups -OCH3 is 1. The quantitative estimate of drug-likeness (QED) is 0.375. The molecule has 1 atom stereocenters. The largest absolute Gasteiger partial charge is 0.490 e. The summed E-state index contributed by atoms with van der Waals surface area (Å²) < 4.78 is 4.95. The van der Waals surface area contributed by atoms with E-state index in [4.69, 9.17) is 16.3 Å². The summed E-state index contributed by atoms with van der Waals surface area (Å²) in [6.45, 7) is 2.03. The number of hydrogen-bond donors (Lipinski definition) is 2. The van der Waals surface area contributed by atoms with Gasteiger partial charge >= 0.3 is 5.69 Å². The number of anilines is 2. The van der Waals surface area contributed by atoms with Gasteiger partial charge in [0.1, 0.15) is 0 Å². The molecule has 0 aliphatic carbocycles. The number of nitrogens with one attached hydrogen (secondary N) is 2. The Balaban J connectivity index is 1.73. The second-order valence-corrected chi connectivity index (χ2v) is 6.98. The third kappa shape index (κ3) is 4.87. The van der Waals surface area contributed by atoms with E-state index in [9.17, 15) is 14.9 Å². The molecule has 3 aromatic carbocycles. The van der Waals surface area contributed by atoms with Gasteiger partial charge in [0, 0.05) is 23.4 Å². The molecule has 7 nitrogen and oxygen atoms in total. The molecule has 30 heavy (non-hydrogen) atoms. The molecule has 0 aliphatic heterocycles. The molecule has 0 heterocycles. The van der Waals surface area contributed by atoms with Crippen molar-refractivity contribution in [3.8, 4) is 5.75 Å². The summed E-state index contributed by atoms with van der Waals surface area (Å²) in [6.07, 6.45) is 0. The highest BCUT2D eigenvalue weighted by molar-refractivity contribution is 6.33. The van der Waals surface area contributed by atoms with Gasteiger partial charge in [0.05, 0.1) is 22.7 Å². The molecule has 0 aromatic heterocycles. The fraction of sp³-hybridized carbons (Fsp3) is 0.136. The molecule has 0 radical (unpaired) electrons. The van der Waals surface area contributed by atoms with E-state index in [1.165, 1.54) is 25.3 Å². The number of nitro groups is 1. The van der Waals surface area contributed by atoms with Gasteiger partial charge in [-0.15, -0.1) is 0 Å². The molecule has 2 N–H and O–H groups in total. The molecule has 3 rings (SSSR count). The van der Waals surface area contributed by atoms with Gasteiger partial charge in [-0.1, -0.05) is 41.9 Å². The van der Waals surface area contributed by atoms with E-state index in [2.05, 4.69) is 10.6 Å². The van der Waals surface area contributed by atoms with E-state index in [1.807, 2.05) is 37.3 Å². The summed E-state index contributed by atoms with van der Waals surface area (Å²) in [5.74, 6) is -0.405. The minimum Gasteiger partial charge on any atom is -0.490 e. The Kier molecular flexibility index (Phi) is 6.54. The van der Waals surface area contributed by atoms with Crippen LogP contribution in [-0.2, 0) is 0 Å². The lowest BCUT2D eigenvalue weighted by molar-refractivity contribution is -0.385. The standard InChI is InChI=1S/C22H20ClN3O4/c1-14(15-6-4-3-5-7-15)24-19-10-9-17(13-18(19)23)25-22(27)16-8-11-21(30-2)20(12-16)26(28)29/h3-14,24H,1-2H3,(H,25,27)/t14-/m0/s1. The van der Waals surface area contributed by atoms with Gasteiger partial charge in [-0.25, -0.2) is 0 Å². The van der Waals surface area contributed by atoms with Crippen LogP contribution in [0.25, 0.3) is 0 Å². The Morgan fingerprint density at radius 2 is 1.83 bits per heavy atom. The minimum absolute atomic E-state index is 0.0454. The van der Waals surface area contributed by atoms with E-state index in [0.717, 1.165) is 11.3 Å². The molecular formula is C22H20ClN3O4. The molecule has 0 saturated carbocycles. The van der Waals surface area contributed by atoms with Crippen molar-refractivity contribution in [2.75, 3.05) is 17.7 Å². The van der Waals surface area contributed by atoms with Crippen molar-refractivity contribution in [1.29, 1.82) is 0 Å². The van der Waals surface area contributed by atoms with Crippen molar-refractivity contribution in [3.05, 3.63) is 93.0 Å². The van der Waals surface area contributed by atoms with Gasteiger partial charge in [-0.05, 0) is 42.8 Å². The lowest BCUT2D eigenvalue weighted by Crippen LogP contribution is -2.13. The summed E-state index contributed by atoms with van der Waals surface area (Å²) in [5.41, 5.74) is 2.18. The summed E-state index contributed by atoms with van der Waals surface area (Å²) in [4.78, 5) is 23.1. The number of carbonyl (C=O) groups excluding carboxylic acids is 1. The molecule has 154 valence electrons. The number of nitro benzene ring substituents is 1. The average molecular weight is 426 g/mol. The number of halogens is 1. The minimum atomic E-state index is -0.596. The molecule has 0 unspecified atom stereocenters. The molecule has 0 aliphatic rings. The Morgan fingerprint density at radius 3 is 2.47 bits per heavy atom. The van der Waals surface area contributed by atoms with Crippen molar-refractivity contribution in [2.24, 2.45) is 0 Å². The second-order valence-electron chi connectivity index (χ2n) is 6.57. The maximum atomic E-state index is 12.5. The van der Waals surface area contributed by atoms with Gasteiger partial charge in [-0.2, -0.15) is 0 Å². The molecule has 0 fully saturated rings. The van der Waals surface area contributed by atoms with Crippen LogP contribution in [0.5, 0.6) is 5.75 Å². The lowest BCUT2D eigenvalue weighted by Gasteiger charge is -2.17. The van der Waals surface area contributed by atoms with E-state index in [1.54, 1.807) is 18.2 Å². The Labute approximate surface area is 178 Å². The topological polar surface area (TPSA) is 93.5 Å². The van der Waals surface area contributed by atoms with Crippen molar-refractivity contribution in [1.82, 2.24) is 0 Å². The summed E-state index contributed by atoms with van der Waals surface area (Å²) in [7, 11) is 1.33. The monoisotopic (exact) mass is 425 g/mol. The van der Waals surface area contributed by atoms with E-state index >= 15 is 0 Å². The zero-order chi connectivity index (χ0) is 21.7. The lowest BCUT2D eigenvalue weighted by atomic mass is 10.1. The van der Waals surface area contributed by atoms with Crippen molar-refractivity contribution in [3.63, 3.8) is 0 Å². The van der Waals surface area contributed by atoms with E-state index < -0.39 is 10.8 Å². The first-order valence-electron chi connectivity index (χ1n) is 9.14. The van der Waals surface area contributed by atoms with Gasteiger partial charge in [0.2, 0.25) is 0 Å². The summed E-state index contributed by atoms with van der Waals surface area (Å²) in [5, 5.41) is 17.6. The van der Waals surface area contributed by atoms with Gasteiger partial charge in [0.25, 0.3) is 5.91 Å². The number of ether oxygens (including phenoxy) is 1. The van der Waals surface area contributed by atoms with Crippen molar-refractivity contribution in [2.45, 2.75) is 13.0 Å². The second kappa shape index (κ2) is 9.28. The van der Waals surface area contributed by atoms with E-state index in [-0.39, 0.29) is 23.0 Å². The Morgan fingerprint density at radius 1 is 1.10 bits per heavy atom. The maximum Gasteiger partial charge on any atom is 0.311 e. The predicted molar refractivity (Wildman–Crippen MR) is 118 cm³/mol. The first kappa shape index (κ1) is 21.1. The van der Waals surface area contributed by atoms with Crippen LogP contribution in [0.15, 0.2) is 66.7 Å². The van der Waals surface area contributed by atoms with Crippen LogP contribution in [0, 0.1) is 10.1 Å². The molecule has 1 amide bonds. The molecule has 0 saturated heterocycles. The summed E-state index contributed by atoms with van der Waals surface area (Å²) in [6, 6.07) is 19.1. The number of carbonyl (C=O) groups is 1. The highest BCUT2D eigenvalue weighted by Gasteiger charge is 2.18. The zero-order valence-electron chi connectivity index (χ0n) is 16.4. The third-order valence-corrected chi connectivity index (χ3v) is 4.85. The average Bonchev–Trinajstić information content (AvgIpc) is 2.75. The fourth-order valence-corrected chi connectivity index (χ4v) is 3.18. The first-order chi connectivity index (χ1) is 14.4. The van der Waals surface area contributed by atoms with Crippen LogP contribution in [0.4, 0.5) is 17.1 Å². The van der Waals surface area contributed by atoms with Crippen molar-refractivity contribution >= 4 is 34.6 Å². The number of hydrogen-bond acceptors (Lipinski definition) is 5. The third-order valence-electron chi connectivity index (χ3n) is 4.54. The highest BCUT2D eigenvalue weighted by Crippen LogP contribution is 2.30. The van der Waals surface area contributed by atoms with Crippen LogP contribution < -0.4 is 15.4 Å². The number of rotatable bonds is 7. The highest BCUT2D eigenvalue weighted by atomic mass is 35.5. The Bertz CT molecular complexity index is 1070. The maximum absolute atomic E-state index is 12.5. The van der Waals surface area contributed by atoms with Crippen LogP contribution >= 0.6 is 11.6 Å². The van der Waals surface area contributed by atoms with Crippen LogP contribution in [0.2, 0.25) is 5.02 Å². The van der Waals surface area contributed by atoms with Gasteiger partial charge < -0.3 is 15.4 Å². The Hall–Kier alpha value is -3.58. The van der Waals surface area contributed by atoms with Crippen LogP contribution in [-0.4, -0.2) is 17.9 Å². The fourth-order valence-electron chi connectivity index (χ4n) is 2.95. The number of benzene rings is 3. The normalized spacial score (nSPS) is 11.4. The van der Waals surface area contributed by atoms with Crippen molar-refractivity contribution < 1.29 is 14.5 Å². The van der Waals surface area contributed by atoms with Crippen LogP contribution in [0.1, 0.15) is 28.9 Å². The predicted octanol–water partition coefficient (Wildman–Crippen LogP) is 5.68. The molecule has 0 bridgehead atoms. The van der Waals surface area contributed by atoms with E-state index in [0.29, 0.717) is 10.7 Å². The SMILES string of the molecule is COc1ccc(C(=O)Nc2ccc(N[C@@H](C)c3ccccc3)c(Cl)c2)cc1[N+](=O)[O-]. The van der Waals surface area contributed by atoms with Gasteiger partial charge in [-0.3, -0.25) is 14.9 Å². The van der Waals surface area contributed by atoms with Crippen LogP contribution in [0.3, 0.4) is 0 Å². The molecular weight excluding hydrogens is 406 g/mol. The molecule has 3 aromatic rings. The number of amides is 1. The smallest absolute Gasteiger partial charge is 0.311 e. The molecule has 0 spiro atoms.